The minimum Gasteiger partial charge on any atom is -0.493 e. The van der Waals surface area contributed by atoms with Crippen molar-refractivity contribution in [2.75, 3.05) is 19.5 Å². The van der Waals surface area contributed by atoms with E-state index in [0.717, 1.165) is 10.4 Å². The SMILES string of the molecule is COc1ccc(C(=O)Nc2ncc(Cc3ccc(Cl)cc3Cl)s2)cc1OC. The number of hydrogen-bond donors (Lipinski definition) is 1. The van der Waals surface area contributed by atoms with Gasteiger partial charge in [-0.2, -0.15) is 0 Å². The van der Waals surface area contributed by atoms with Crippen LogP contribution in [0.25, 0.3) is 0 Å². The molecule has 5 nitrogen and oxygen atoms in total. The van der Waals surface area contributed by atoms with E-state index in [1.807, 2.05) is 6.07 Å². The molecule has 0 saturated carbocycles. The van der Waals surface area contributed by atoms with Crippen molar-refractivity contribution >= 4 is 45.6 Å². The van der Waals surface area contributed by atoms with Gasteiger partial charge in [0, 0.05) is 33.1 Å². The van der Waals surface area contributed by atoms with Gasteiger partial charge < -0.3 is 9.47 Å². The molecule has 0 spiro atoms. The first-order valence-corrected chi connectivity index (χ1v) is 9.49. The molecule has 0 unspecified atom stereocenters. The van der Waals surface area contributed by atoms with Crippen LogP contribution in [-0.2, 0) is 6.42 Å². The second-order valence-electron chi connectivity index (χ2n) is 5.57. The summed E-state index contributed by atoms with van der Waals surface area (Å²) in [7, 11) is 3.07. The van der Waals surface area contributed by atoms with Crippen LogP contribution in [0.1, 0.15) is 20.8 Å². The lowest BCUT2D eigenvalue weighted by Crippen LogP contribution is -2.11. The fraction of sp³-hybridized carbons (Fsp3) is 0.158. The van der Waals surface area contributed by atoms with Gasteiger partial charge in [0.15, 0.2) is 16.6 Å². The van der Waals surface area contributed by atoms with Crippen molar-refractivity contribution in [2.24, 2.45) is 0 Å². The summed E-state index contributed by atoms with van der Waals surface area (Å²) in [6.07, 6.45) is 2.33. The Labute approximate surface area is 170 Å². The molecule has 27 heavy (non-hydrogen) atoms. The van der Waals surface area contributed by atoms with Gasteiger partial charge in [-0.3, -0.25) is 10.1 Å². The zero-order valence-electron chi connectivity index (χ0n) is 14.6. The van der Waals surface area contributed by atoms with Crippen molar-refractivity contribution in [3.05, 3.63) is 68.6 Å². The summed E-state index contributed by atoms with van der Waals surface area (Å²) >= 11 is 13.5. The second-order valence-corrected chi connectivity index (χ2v) is 7.53. The van der Waals surface area contributed by atoms with E-state index in [2.05, 4.69) is 10.3 Å². The Kier molecular flexibility index (Phi) is 6.21. The van der Waals surface area contributed by atoms with Crippen molar-refractivity contribution in [3.63, 3.8) is 0 Å². The van der Waals surface area contributed by atoms with E-state index in [1.165, 1.54) is 18.4 Å². The maximum atomic E-state index is 12.5. The van der Waals surface area contributed by atoms with Gasteiger partial charge in [0.1, 0.15) is 0 Å². The fourth-order valence-corrected chi connectivity index (χ4v) is 3.75. The maximum Gasteiger partial charge on any atom is 0.257 e. The number of nitrogens with one attached hydrogen (secondary N) is 1. The molecule has 0 atom stereocenters. The molecule has 1 amide bonds. The minimum absolute atomic E-state index is 0.277. The highest BCUT2D eigenvalue weighted by Gasteiger charge is 2.13. The number of amides is 1. The number of carbonyl (C=O) groups is 1. The van der Waals surface area contributed by atoms with Crippen LogP contribution in [0.2, 0.25) is 10.0 Å². The number of carbonyl (C=O) groups excluding carboxylic acids is 1. The maximum absolute atomic E-state index is 12.5. The summed E-state index contributed by atoms with van der Waals surface area (Å²) in [5, 5.41) is 4.50. The van der Waals surface area contributed by atoms with Gasteiger partial charge in [-0.1, -0.05) is 29.3 Å². The molecular formula is C19H16Cl2N2O3S. The third kappa shape index (κ3) is 4.71. The molecule has 140 valence electrons. The first-order chi connectivity index (χ1) is 13.0. The summed E-state index contributed by atoms with van der Waals surface area (Å²) in [6, 6.07) is 10.4. The molecule has 0 fully saturated rings. The van der Waals surface area contributed by atoms with E-state index in [9.17, 15) is 4.79 Å². The first kappa shape index (κ1) is 19.5. The molecule has 2 aromatic carbocycles. The van der Waals surface area contributed by atoms with E-state index < -0.39 is 0 Å². The number of thiazole rings is 1. The molecule has 0 aliphatic carbocycles. The molecule has 1 aromatic heterocycles. The van der Waals surface area contributed by atoms with Gasteiger partial charge in [-0.05, 0) is 35.9 Å². The molecule has 0 aliphatic rings. The molecule has 0 radical (unpaired) electrons. The molecule has 1 N–H and O–H groups in total. The van der Waals surface area contributed by atoms with Crippen molar-refractivity contribution in [1.82, 2.24) is 4.98 Å². The summed E-state index contributed by atoms with van der Waals surface area (Å²) in [4.78, 5) is 17.7. The van der Waals surface area contributed by atoms with Crippen molar-refractivity contribution in [1.29, 1.82) is 0 Å². The van der Waals surface area contributed by atoms with Crippen LogP contribution in [0.3, 0.4) is 0 Å². The van der Waals surface area contributed by atoms with E-state index in [4.69, 9.17) is 32.7 Å². The minimum atomic E-state index is -0.277. The van der Waals surface area contributed by atoms with Crippen LogP contribution in [0.4, 0.5) is 5.13 Å². The molecule has 0 saturated heterocycles. The monoisotopic (exact) mass is 422 g/mol. The van der Waals surface area contributed by atoms with Crippen LogP contribution >= 0.6 is 34.5 Å². The summed E-state index contributed by atoms with van der Waals surface area (Å²) in [5.41, 5.74) is 1.40. The summed E-state index contributed by atoms with van der Waals surface area (Å²) < 4.78 is 10.4. The number of halogens is 2. The average molecular weight is 423 g/mol. The van der Waals surface area contributed by atoms with Crippen LogP contribution in [0, 0.1) is 0 Å². The Hall–Kier alpha value is -2.28. The highest BCUT2D eigenvalue weighted by atomic mass is 35.5. The number of anilines is 1. The smallest absolute Gasteiger partial charge is 0.257 e. The molecule has 0 bridgehead atoms. The third-order valence-corrected chi connectivity index (χ3v) is 5.30. The van der Waals surface area contributed by atoms with Crippen LogP contribution in [-0.4, -0.2) is 25.1 Å². The number of methoxy groups -OCH3 is 2. The Morgan fingerprint density at radius 1 is 1.11 bits per heavy atom. The summed E-state index contributed by atoms with van der Waals surface area (Å²) in [6.45, 7) is 0. The highest BCUT2D eigenvalue weighted by molar-refractivity contribution is 7.15. The number of aromatic nitrogens is 1. The van der Waals surface area contributed by atoms with Gasteiger partial charge in [0.05, 0.1) is 14.2 Å². The lowest BCUT2D eigenvalue weighted by atomic mass is 10.1. The zero-order valence-corrected chi connectivity index (χ0v) is 16.9. The molecule has 8 heteroatoms. The number of hydrogen-bond acceptors (Lipinski definition) is 5. The standard InChI is InChI=1S/C19H16Cl2N2O3S/c1-25-16-6-4-12(8-17(16)26-2)18(24)23-19-22-10-14(27-19)7-11-3-5-13(20)9-15(11)21/h3-6,8-10H,7H2,1-2H3,(H,22,23,24). The lowest BCUT2D eigenvalue weighted by Gasteiger charge is -2.09. The molecule has 3 aromatic rings. The Morgan fingerprint density at radius 3 is 2.59 bits per heavy atom. The Bertz CT molecular complexity index is 975. The average Bonchev–Trinajstić information content (AvgIpc) is 3.10. The largest absolute Gasteiger partial charge is 0.493 e. The quantitative estimate of drug-likeness (QED) is 0.584. The Morgan fingerprint density at radius 2 is 1.89 bits per heavy atom. The van der Waals surface area contributed by atoms with Gasteiger partial charge in [-0.25, -0.2) is 4.98 Å². The van der Waals surface area contributed by atoms with E-state index >= 15 is 0 Å². The molecule has 3 rings (SSSR count). The highest BCUT2D eigenvalue weighted by Crippen LogP contribution is 2.29. The van der Waals surface area contributed by atoms with Crippen molar-refractivity contribution in [3.8, 4) is 11.5 Å². The Balaban J connectivity index is 1.71. The predicted octanol–water partition coefficient (Wildman–Crippen LogP) is 5.31. The van der Waals surface area contributed by atoms with E-state index in [-0.39, 0.29) is 5.91 Å². The zero-order chi connectivity index (χ0) is 19.4. The van der Waals surface area contributed by atoms with Crippen LogP contribution < -0.4 is 14.8 Å². The number of nitrogens with zero attached hydrogens (tertiary/aromatic N) is 1. The van der Waals surface area contributed by atoms with Crippen molar-refractivity contribution < 1.29 is 14.3 Å². The number of rotatable bonds is 6. The first-order valence-electron chi connectivity index (χ1n) is 7.92. The molecule has 1 heterocycles. The van der Waals surface area contributed by atoms with Gasteiger partial charge >= 0.3 is 0 Å². The van der Waals surface area contributed by atoms with E-state index in [0.29, 0.717) is 38.7 Å². The molecule has 0 aliphatic heterocycles. The molecular weight excluding hydrogens is 407 g/mol. The van der Waals surface area contributed by atoms with Gasteiger partial charge in [-0.15, -0.1) is 11.3 Å². The third-order valence-electron chi connectivity index (χ3n) is 3.80. The summed E-state index contributed by atoms with van der Waals surface area (Å²) in [5.74, 6) is 0.772. The normalized spacial score (nSPS) is 10.5. The van der Waals surface area contributed by atoms with E-state index in [1.54, 1.807) is 43.6 Å². The lowest BCUT2D eigenvalue weighted by molar-refractivity contribution is 0.102. The number of benzene rings is 2. The fourth-order valence-electron chi connectivity index (χ4n) is 2.45. The van der Waals surface area contributed by atoms with Gasteiger partial charge in [0.2, 0.25) is 0 Å². The topological polar surface area (TPSA) is 60.5 Å². The van der Waals surface area contributed by atoms with Crippen LogP contribution in [0.15, 0.2) is 42.6 Å². The second kappa shape index (κ2) is 8.61. The number of ether oxygens (including phenoxy) is 2. The van der Waals surface area contributed by atoms with Gasteiger partial charge in [0.25, 0.3) is 5.91 Å². The predicted molar refractivity (Wildman–Crippen MR) is 109 cm³/mol. The van der Waals surface area contributed by atoms with Crippen molar-refractivity contribution in [2.45, 2.75) is 6.42 Å². The van der Waals surface area contributed by atoms with Crippen LogP contribution in [0.5, 0.6) is 11.5 Å².